The van der Waals surface area contributed by atoms with Crippen molar-refractivity contribution in [3.8, 4) is 0 Å². The monoisotopic (exact) mass is 585 g/mol. The summed E-state index contributed by atoms with van der Waals surface area (Å²) >= 11 is 0. The Morgan fingerprint density at radius 3 is 2.51 bits per heavy atom. The van der Waals surface area contributed by atoms with E-state index < -0.39 is 35.8 Å². The predicted octanol–water partition coefficient (Wildman–Crippen LogP) is 4.05. The number of carbonyl (C=O) groups is 4. The molecule has 0 aromatic heterocycles. The summed E-state index contributed by atoms with van der Waals surface area (Å²) in [6, 6.07) is 21.0. The van der Waals surface area contributed by atoms with Crippen LogP contribution in [0.4, 0.5) is 5.69 Å². The molecule has 9 nitrogen and oxygen atoms in total. The standard InChI is InChI=1S/C34H39N3O6/c38-22-29(19-24-11-5-4-6-12-24)35-31(39)21-27-15-7-2-1-3-8-16-32(40)43-23-30(37-33(27)41)34(42)36-28-18-17-25-13-9-10-14-26(25)20-28/h2,4-7,9-14,17-18,20,27,29-30,38H,1,3,8,15-16,19,21-23H2,(H,35,39)(H,36,42)(H,37,41). The molecule has 0 aliphatic carbocycles. The molecule has 3 atom stereocenters. The molecule has 3 unspecified atom stereocenters. The number of carbonyl (C=O) groups excluding carboxylic acids is 4. The number of aliphatic hydroxyl groups excluding tert-OH is 1. The van der Waals surface area contributed by atoms with Crippen molar-refractivity contribution in [3.63, 3.8) is 0 Å². The van der Waals surface area contributed by atoms with Gasteiger partial charge in [-0.15, -0.1) is 0 Å². The van der Waals surface area contributed by atoms with E-state index in [0.717, 1.165) is 29.2 Å². The predicted molar refractivity (Wildman–Crippen MR) is 165 cm³/mol. The number of hydrogen-bond donors (Lipinski definition) is 4. The fourth-order valence-corrected chi connectivity index (χ4v) is 4.98. The molecular formula is C34H39N3O6. The lowest BCUT2D eigenvalue weighted by atomic mass is 9.97. The van der Waals surface area contributed by atoms with Crippen molar-refractivity contribution in [1.29, 1.82) is 0 Å². The molecule has 1 heterocycles. The zero-order valence-electron chi connectivity index (χ0n) is 24.2. The molecule has 3 aromatic rings. The lowest BCUT2D eigenvalue weighted by Gasteiger charge is -2.23. The van der Waals surface area contributed by atoms with Gasteiger partial charge in [0, 0.05) is 18.5 Å². The molecule has 0 spiro atoms. The van der Waals surface area contributed by atoms with Crippen molar-refractivity contribution >= 4 is 40.2 Å². The maximum absolute atomic E-state index is 13.5. The average molecular weight is 586 g/mol. The summed E-state index contributed by atoms with van der Waals surface area (Å²) in [5.41, 5.74) is 1.51. The number of rotatable bonds is 8. The maximum atomic E-state index is 13.5. The van der Waals surface area contributed by atoms with Gasteiger partial charge in [0.15, 0.2) is 0 Å². The topological polar surface area (TPSA) is 134 Å². The minimum Gasteiger partial charge on any atom is -0.463 e. The molecule has 0 radical (unpaired) electrons. The molecule has 0 bridgehead atoms. The Kier molecular flexibility index (Phi) is 11.9. The zero-order valence-corrected chi connectivity index (χ0v) is 24.2. The van der Waals surface area contributed by atoms with Crippen LogP contribution in [0.2, 0.25) is 0 Å². The van der Waals surface area contributed by atoms with Crippen molar-refractivity contribution in [2.24, 2.45) is 5.92 Å². The van der Waals surface area contributed by atoms with Crippen LogP contribution < -0.4 is 16.0 Å². The van der Waals surface area contributed by atoms with Crippen molar-refractivity contribution in [2.45, 2.75) is 57.0 Å². The van der Waals surface area contributed by atoms with Crippen LogP contribution in [0.25, 0.3) is 10.8 Å². The number of esters is 1. The van der Waals surface area contributed by atoms with Crippen LogP contribution in [-0.4, -0.2) is 54.1 Å². The first kappa shape index (κ1) is 31.4. The largest absolute Gasteiger partial charge is 0.463 e. The van der Waals surface area contributed by atoms with E-state index >= 15 is 0 Å². The second-order valence-corrected chi connectivity index (χ2v) is 10.8. The highest BCUT2D eigenvalue weighted by molar-refractivity contribution is 5.99. The number of fused-ring (bicyclic) bond motifs is 1. The Hall–Kier alpha value is -4.50. The molecule has 0 fully saturated rings. The average Bonchev–Trinajstić information content (AvgIpc) is 3.01. The number of hydrogen-bond acceptors (Lipinski definition) is 6. The molecule has 4 rings (SSSR count). The highest BCUT2D eigenvalue weighted by atomic mass is 16.5. The van der Waals surface area contributed by atoms with Crippen LogP contribution in [-0.2, 0) is 30.3 Å². The van der Waals surface area contributed by atoms with Gasteiger partial charge in [0.1, 0.15) is 12.6 Å². The van der Waals surface area contributed by atoms with Gasteiger partial charge in [-0.05, 0) is 60.6 Å². The van der Waals surface area contributed by atoms with Gasteiger partial charge in [0.25, 0.3) is 5.91 Å². The molecule has 1 aliphatic heterocycles. The Bertz CT molecular complexity index is 1420. The zero-order chi connectivity index (χ0) is 30.4. The van der Waals surface area contributed by atoms with E-state index in [1.54, 1.807) is 6.07 Å². The summed E-state index contributed by atoms with van der Waals surface area (Å²) in [6.07, 6.45) is 6.76. The lowest BCUT2D eigenvalue weighted by Crippen LogP contribution is -2.50. The number of ether oxygens (including phenoxy) is 1. The minimum absolute atomic E-state index is 0.139. The third-order valence-corrected chi connectivity index (χ3v) is 7.36. The SMILES string of the molecule is O=C(CC1CC=CCCCCC(=O)OCC(C(=O)Nc2ccc3ccccc3c2)NC1=O)NC(CO)Cc1ccccc1. The fraction of sp³-hybridized carbons (Fsp3) is 0.353. The Morgan fingerprint density at radius 2 is 1.72 bits per heavy atom. The van der Waals surface area contributed by atoms with Crippen LogP contribution in [0.3, 0.4) is 0 Å². The molecule has 226 valence electrons. The van der Waals surface area contributed by atoms with E-state index in [2.05, 4.69) is 16.0 Å². The van der Waals surface area contributed by atoms with E-state index in [1.165, 1.54) is 0 Å². The summed E-state index contributed by atoms with van der Waals surface area (Å²) in [7, 11) is 0. The second kappa shape index (κ2) is 16.2. The van der Waals surface area contributed by atoms with Gasteiger partial charge in [-0.1, -0.05) is 72.8 Å². The summed E-state index contributed by atoms with van der Waals surface area (Å²) in [6.45, 7) is -0.581. The van der Waals surface area contributed by atoms with Gasteiger partial charge in [-0.25, -0.2) is 0 Å². The van der Waals surface area contributed by atoms with Crippen molar-refractivity contribution in [3.05, 3.63) is 90.5 Å². The van der Waals surface area contributed by atoms with Gasteiger partial charge in [0.2, 0.25) is 11.8 Å². The van der Waals surface area contributed by atoms with E-state index in [0.29, 0.717) is 24.9 Å². The number of aliphatic hydroxyl groups is 1. The third kappa shape index (κ3) is 10.1. The highest BCUT2D eigenvalue weighted by Crippen LogP contribution is 2.19. The second-order valence-electron chi connectivity index (χ2n) is 10.8. The lowest BCUT2D eigenvalue weighted by molar-refractivity contribution is -0.146. The number of benzene rings is 3. The summed E-state index contributed by atoms with van der Waals surface area (Å²) in [5, 5.41) is 20.2. The molecule has 0 saturated carbocycles. The third-order valence-electron chi connectivity index (χ3n) is 7.36. The smallest absolute Gasteiger partial charge is 0.305 e. The van der Waals surface area contributed by atoms with Gasteiger partial charge < -0.3 is 25.8 Å². The molecule has 9 heteroatoms. The first-order valence-electron chi connectivity index (χ1n) is 14.8. The molecular weight excluding hydrogens is 546 g/mol. The molecule has 43 heavy (non-hydrogen) atoms. The van der Waals surface area contributed by atoms with Crippen LogP contribution in [0.5, 0.6) is 0 Å². The molecule has 3 amide bonds. The Labute approximate surface area is 251 Å². The highest BCUT2D eigenvalue weighted by Gasteiger charge is 2.29. The number of anilines is 1. The quantitative estimate of drug-likeness (QED) is 0.233. The summed E-state index contributed by atoms with van der Waals surface area (Å²) < 4.78 is 5.38. The first-order valence-corrected chi connectivity index (χ1v) is 14.8. The van der Waals surface area contributed by atoms with Crippen molar-refractivity contribution < 1.29 is 29.0 Å². The Morgan fingerprint density at radius 1 is 0.953 bits per heavy atom. The van der Waals surface area contributed by atoms with Gasteiger partial charge in [-0.3, -0.25) is 19.2 Å². The van der Waals surface area contributed by atoms with Crippen LogP contribution >= 0.6 is 0 Å². The van der Waals surface area contributed by atoms with Gasteiger partial charge in [0.05, 0.1) is 18.6 Å². The summed E-state index contributed by atoms with van der Waals surface area (Å²) in [5.74, 6) is -2.64. The number of cyclic esters (lactones) is 1. The van der Waals surface area contributed by atoms with Gasteiger partial charge >= 0.3 is 5.97 Å². The minimum atomic E-state index is -1.16. The number of nitrogens with one attached hydrogen (secondary N) is 3. The van der Waals surface area contributed by atoms with Crippen molar-refractivity contribution in [2.75, 3.05) is 18.5 Å². The first-order chi connectivity index (χ1) is 20.9. The maximum Gasteiger partial charge on any atom is 0.305 e. The van der Waals surface area contributed by atoms with E-state index in [1.807, 2.05) is 78.9 Å². The van der Waals surface area contributed by atoms with Crippen LogP contribution in [0.15, 0.2) is 84.9 Å². The Balaban J connectivity index is 1.46. The summed E-state index contributed by atoms with van der Waals surface area (Å²) in [4.78, 5) is 52.2. The van der Waals surface area contributed by atoms with E-state index in [-0.39, 0.29) is 32.0 Å². The number of allylic oxidation sites excluding steroid dienone is 2. The van der Waals surface area contributed by atoms with E-state index in [4.69, 9.17) is 4.74 Å². The molecule has 3 aromatic carbocycles. The van der Waals surface area contributed by atoms with Crippen molar-refractivity contribution in [1.82, 2.24) is 10.6 Å². The van der Waals surface area contributed by atoms with E-state index in [9.17, 15) is 24.3 Å². The number of amides is 3. The normalized spacial score (nSPS) is 19.0. The molecule has 1 aliphatic rings. The molecule has 0 saturated heterocycles. The van der Waals surface area contributed by atoms with Crippen LogP contribution in [0.1, 0.15) is 44.1 Å². The fourth-order valence-electron chi connectivity index (χ4n) is 4.98. The van der Waals surface area contributed by atoms with Crippen LogP contribution in [0, 0.1) is 5.92 Å². The van der Waals surface area contributed by atoms with Gasteiger partial charge in [-0.2, -0.15) is 0 Å². The molecule has 4 N–H and O–H groups in total.